The summed E-state index contributed by atoms with van der Waals surface area (Å²) in [7, 11) is 0. The molecule has 25 heavy (non-hydrogen) atoms. The molecule has 1 fully saturated rings. The van der Waals surface area contributed by atoms with Gasteiger partial charge in [-0.3, -0.25) is 9.59 Å². The van der Waals surface area contributed by atoms with Gasteiger partial charge >= 0.3 is 0 Å². The fourth-order valence-electron chi connectivity index (χ4n) is 2.75. The molecular weight excluding hydrogens is 332 g/mol. The molecule has 0 spiro atoms. The van der Waals surface area contributed by atoms with E-state index in [9.17, 15) is 9.59 Å². The Kier molecular flexibility index (Phi) is 5.24. The monoisotopic (exact) mass is 352 g/mol. The number of carbonyl (C=O) groups excluding carboxylic acids is 2. The molecule has 3 rings (SSSR count). The second-order valence-corrected chi connectivity index (χ2v) is 6.99. The second kappa shape index (κ2) is 7.57. The third-order valence-corrected chi connectivity index (χ3v) is 5.10. The largest absolute Gasteiger partial charge is 0.322 e. The first-order chi connectivity index (χ1) is 12.0. The maximum atomic E-state index is 12.4. The highest BCUT2D eigenvalue weighted by atomic mass is 32.2. The fraction of sp³-hybridized carbons (Fsp3) is 0.200. The number of hydrogen-bond acceptors (Lipinski definition) is 3. The van der Waals surface area contributed by atoms with Crippen LogP contribution in [0.3, 0.4) is 0 Å². The average molecular weight is 352 g/mol. The summed E-state index contributed by atoms with van der Waals surface area (Å²) in [5.41, 5.74) is 3.90. The van der Waals surface area contributed by atoms with E-state index in [1.54, 1.807) is 4.90 Å². The molecular formula is C20H20N2O2S. The molecule has 128 valence electrons. The Hall–Kier alpha value is -2.53. The first kappa shape index (κ1) is 17.3. The molecule has 4 nitrogen and oxygen atoms in total. The summed E-state index contributed by atoms with van der Waals surface area (Å²) in [6, 6.07) is 15.7. The molecule has 5 heteroatoms. The summed E-state index contributed by atoms with van der Waals surface area (Å²) < 4.78 is 0. The number of nitrogens with zero attached hydrogens (tertiary/aromatic N) is 1. The minimum atomic E-state index is -0.215. The summed E-state index contributed by atoms with van der Waals surface area (Å²) in [6.45, 7) is 4.41. The maximum Gasteiger partial charge on any atom is 0.251 e. The number of anilines is 1. The van der Waals surface area contributed by atoms with Gasteiger partial charge in [0.05, 0.1) is 17.3 Å². The van der Waals surface area contributed by atoms with Crippen molar-refractivity contribution in [3.8, 4) is 0 Å². The SMILES string of the molecule is Cc1cccc(C)c1NC(=O)C=C1SCC(=O)N1Cc1ccccc1. The highest BCUT2D eigenvalue weighted by molar-refractivity contribution is 8.04. The Morgan fingerprint density at radius 2 is 1.80 bits per heavy atom. The van der Waals surface area contributed by atoms with Gasteiger partial charge in [-0.1, -0.05) is 60.3 Å². The zero-order valence-electron chi connectivity index (χ0n) is 14.3. The molecule has 1 N–H and O–H groups in total. The normalized spacial score (nSPS) is 15.7. The number of carbonyl (C=O) groups is 2. The molecule has 0 unspecified atom stereocenters. The highest BCUT2D eigenvalue weighted by Crippen LogP contribution is 2.30. The molecule has 1 heterocycles. The maximum absolute atomic E-state index is 12.4. The predicted molar refractivity (Wildman–Crippen MR) is 102 cm³/mol. The van der Waals surface area contributed by atoms with Gasteiger partial charge in [0.25, 0.3) is 5.91 Å². The van der Waals surface area contributed by atoms with Crippen molar-refractivity contribution in [2.45, 2.75) is 20.4 Å². The molecule has 0 bridgehead atoms. The Labute approximate surface area is 151 Å². The van der Waals surface area contributed by atoms with Crippen LogP contribution in [0.4, 0.5) is 5.69 Å². The van der Waals surface area contributed by atoms with Gasteiger partial charge in [-0.05, 0) is 30.5 Å². The predicted octanol–water partition coefficient (Wildman–Crippen LogP) is 3.86. The number of amides is 2. The van der Waals surface area contributed by atoms with Gasteiger partial charge in [-0.25, -0.2) is 0 Å². The van der Waals surface area contributed by atoms with Crippen molar-refractivity contribution in [2.75, 3.05) is 11.1 Å². The van der Waals surface area contributed by atoms with Crippen LogP contribution in [-0.2, 0) is 16.1 Å². The van der Waals surface area contributed by atoms with Crippen LogP contribution in [0, 0.1) is 13.8 Å². The van der Waals surface area contributed by atoms with E-state index in [1.807, 2.05) is 62.4 Å². The lowest BCUT2D eigenvalue weighted by Crippen LogP contribution is -2.25. The quantitative estimate of drug-likeness (QED) is 0.850. The van der Waals surface area contributed by atoms with E-state index < -0.39 is 0 Å². The number of aryl methyl sites for hydroxylation is 2. The number of thioether (sulfide) groups is 1. The second-order valence-electron chi connectivity index (χ2n) is 5.99. The molecule has 2 aromatic carbocycles. The third kappa shape index (κ3) is 4.12. The molecule has 0 atom stereocenters. The number of para-hydroxylation sites is 1. The van der Waals surface area contributed by atoms with E-state index in [-0.39, 0.29) is 11.8 Å². The van der Waals surface area contributed by atoms with E-state index in [0.29, 0.717) is 17.3 Å². The Bertz CT molecular complexity index is 811. The van der Waals surface area contributed by atoms with Crippen molar-refractivity contribution in [1.29, 1.82) is 0 Å². The van der Waals surface area contributed by atoms with E-state index in [1.165, 1.54) is 17.8 Å². The van der Waals surface area contributed by atoms with Gasteiger partial charge in [0.15, 0.2) is 0 Å². The lowest BCUT2D eigenvalue weighted by Gasteiger charge is -2.17. The van der Waals surface area contributed by atoms with Crippen molar-refractivity contribution in [3.05, 3.63) is 76.3 Å². The first-order valence-corrected chi connectivity index (χ1v) is 9.09. The van der Waals surface area contributed by atoms with Crippen molar-refractivity contribution >= 4 is 29.3 Å². The molecule has 0 saturated carbocycles. The smallest absolute Gasteiger partial charge is 0.251 e. The third-order valence-electron chi connectivity index (χ3n) is 4.08. The average Bonchev–Trinajstić information content (AvgIpc) is 2.92. The summed E-state index contributed by atoms with van der Waals surface area (Å²) in [6.07, 6.45) is 1.52. The molecule has 1 aliphatic rings. The Morgan fingerprint density at radius 1 is 1.12 bits per heavy atom. The summed E-state index contributed by atoms with van der Waals surface area (Å²) in [4.78, 5) is 26.3. The van der Waals surface area contributed by atoms with Crippen LogP contribution >= 0.6 is 11.8 Å². The minimum absolute atomic E-state index is 0.0278. The topological polar surface area (TPSA) is 49.4 Å². The van der Waals surface area contributed by atoms with Crippen molar-refractivity contribution in [1.82, 2.24) is 4.90 Å². The summed E-state index contributed by atoms with van der Waals surface area (Å²) in [5.74, 6) is 0.183. The molecule has 2 amide bonds. The molecule has 0 radical (unpaired) electrons. The summed E-state index contributed by atoms with van der Waals surface area (Å²) >= 11 is 1.40. The molecule has 1 saturated heterocycles. The van der Waals surface area contributed by atoms with Gasteiger partial charge in [-0.15, -0.1) is 0 Å². The Morgan fingerprint density at radius 3 is 2.48 bits per heavy atom. The zero-order valence-corrected chi connectivity index (χ0v) is 15.1. The standard InChI is InChI=1S/C20H20N2O2S/c1-14-7-6-8-15(2)20(14)21-17(23)11-19-22(18(24)13-25-19)12-16-9-4-3-5-10-16/h3-11H,12-13H2,1-2H3,(H,21,23). The fourth-order valence-corrected chi connectivity index (χ4v) is 3.69. The van der Waals surface area contributed by atoms with Gasteiger partial charge in [0.2, 0.25) is 5.91 Å². The van der Waals surface area contributed by atoms with Gasteiger partial charge in [0, 0.05) is 11.8 Å². The summed E-state index contributed by atoms with van der Waals surface area (Å²) in [5, 5.41) is 3.63. The van der Waals surface area contributed by atoms with Crippen LogP contribution in [0.25, 0.3) is 0 Å². The molecule has 0 aromatic heterocycles. The van der Waals surface area contributed by atoms with Crippen LogP contribution in [0.2, 0.25) is 0 Å². The number of hydrogen-bond donors (Lipinski definition) is 1. The first-order valence-electron chi connectivity index (χ1n) is 8.10. The number of nitrogens with one attached hydrogen (secondary N) is 1. The van der Waals surface area contributed by atoms with E-state index in [4.69, 9.17) is 0 Å². The number of rotatable bonds is 4. The lowest BCUT2D eigenvalue weighted by atomic mass is 10.1. The van der Waals surface area contributed by atoms with Crippen molar-refractivity contribution in [3.63, 3.8) is 0 Å². The molecule has 1 aliphatic heterocycles. The van der Waals surface area contributed by atoms with Crippen LogP contribution in [0.5, 0.6) is 0 Å². The zero-order chi connectivity index (χ0) is 17.8. The lowest BCUT2D eigenvalue weighted by molar-refractivity contribution is -0.125. The molecule has 2 aromatic rings. The minimum Gasteiger partial charge on any atom is -0.322 e. The van der Waals surface area contributed by atoms with Crippen molar-refractivity contribution < 1.29 is 9.59 Å². The van der Waals surface area contributed by atoms with Gasteiger partial charge in [-0.2, -0.15) is 0 Å². The van der Waals surface area contributed by atoms with Crippen LogP contribution in [-0.4, -0.2) is 22.5 Å². The van der Waals surface area contributed by atoms with Crippen LogP contribution in [0.15, 0.2) is 59.6 Å². The number of benzene rings is 2. The van der Waals surface area contributed by atoms with Crippen LogP contribution in [0.1, 0.15) is 16.7 Å². The van der Waals surface area contributed by atoms with Crippen LogP contribution < -0.4 is 5.32 Å². The van der Waals surface area contributed by atoms with E-state index in [0.717, 1.165) is 22.4 Å². The highest BCUT2D eigenvalue weighted by Gasteiger charge is 2.27. The van der Waals surface area contributed by atoms with E-state index >= 15 is 0 Å². The Balaban J connectivity index is 1.77. The molecule has 0 aliphatic carbocycles. The van der Waals surface area contributed by atoms with Gasteiger partial charge in [0.1, 0.15) is 0 Å². The van der Waals surface area contributed by atoms with E-state index in [2.05, 4.69) is 5.32 Å². The van der Waals surface area contributed by atoms with Gasteiger partial charge < -0.3 is 10.2 Å². The van der Waals surface area contributed by atoms with Crippen molar-refractivity contribution in [2.24, 2.45) is 0 Å².